The minimum Gasteiger partial charge on any atom is -0.343 e. The lowest BCUT2D eigenvalue weighted by Gasteiger charge is -2.14. The number of aromatic nitrogens is 1. The van der Waals surface area contributed by atoms with Gasteiger partial charge in [-0.25, -0.2) is 0 Å². The van der Waals surface area contributed by atoms with Crippen molar-refractivity contribution >= 4 is 10.9 Å². The van der Waals surface area contributed by atoms with Crippen LogP contribution in [0.2, 0.25) is 0 Å². The second-order valence-corrected chi connectivity index (χ2v) is 4.98. The Kier molecular flexibility index (Phi) is 3.15. The highest BCUT2D eigenvalue weighted by atomic mass is 16.1. The van der Waals surface area contributed by atoms with Gasteiger partial charge in [0.25, 0.3) is 0 Å². The molecule has 0 unspecified atom stereocenters. The van der Waals surface area contributed by atoms with E-state index in [0.29, 0.717) is 0 Å². The smallest absolute Gasteiger partial charge is 0.190 e. The molecule has 0 amide bonds. The van der Waals surface area contributed by atoms with Gasteiger partial charge in [-0.05, 0) is 23.6 Å². The number of nitrogens with zero attached hydrogens (tertiary/aromatic N) is 1. The fraction of sp³-hybridized carbons (Fsp3) is 0.167. The largest absolute Gasteiger partial charge is 0.343 e. The first-order valence-corrected chi connectivity index (χ1v) is 6.89. The number of benzene rings is 2. The van der Waals surface area contributed by atoms with E-state index >= 15 is 0 Å². The molecule has 3 aromatic rings. The van der Waals surface area contributed by atoms with E-state index in [2.05, 4.69) is 11.5 Å². The molecule has 0 N–H and O–H groups in total. The average Bonchev–Trinajstić information content (AvgIpc) is 2.51. The topological polar surface area (TPSA) is 22.0 Å². The van der Waals surface area contributed by atoms with Crippen molar-refractivity contribution in [2.75, 3.05) is 0 Å². The Morgan fingerprint density at radius 3 is 2.45 bits per heavy atom. The molecule has 0 saturated carbocycles. The maximum Gasteiger partial charge on any atom is 0.190 e. The van der Waals surface area contributed by atoms with Crippen LogP contribution in [0, 0.1) is 0 Å². The second kappa shape index (κ2) is 4.97. The highest BCUT2D eigenvalue weighted by molar-refractivity contribution is 5.85. The molecule has 1 heterocycles. The molecule has 0 aliphatic carbocycles. The maximum absolute atomic E-state index is 12.5. The zero-order valence-electron chi connectivity index (χ0n) is 11.8. The lowest BCUT2D eigenvalue weighted by molar-refractivity contribution is 0.958. The SMILES string of the molecule is CCc1cccc2c1c(=O)cc(-c1ccccc1)n2C. The molecular formula is C18H17NO. The predicted molar refractivity (Wildman–Crippen MR) is 84.0 cm³/mol. The monoisotopic (exact) mass is 263 g/mol. The van der Waals surface area contributed by atoms with Gasteiger partial charge in [-0.3, -0.25) is 4.79 Å². The fourth-order valence-electron chi connectivity index (χ4n) is 2.75. The lowest BCUT2D eigenvalue weighted by Crippen LogP contribution is -2.10. The highest BCUT2D eigenvalue weighted by Gasteiger charge is 2.10. The summed E-state index contributed by atoms with van der Waals surface area (Å²) in [5, 5.41) is 0.845. The zero-order valence-corrected chi connectivity index (χ0v) is 11.8. The van der Waals surface area contributed by atoms with Gasteiger partial charge < -0.3 is 4.57 Å². The molecule has 0 atom stereocenters. The van der Waals surface area contributed by atoms with Crippen LogP contribution in [0.1, 0.15) is 12.5 Å². The first kappa shape index (κ1) is 12.7. The molecule has 100 valence electrons. The minimum absolute atomic E-state index is 0.106. The third-order valence-electron chi connectivity index (χ3n) is 3.82. The fourth-order valence-corrected chi connectivity index (χ4v) is 2.75. The van der Waals surface area contributed by atoms with Crippen molar-refractivity contribution < 1.29 is 0 Å². The Hall–Kier alpha value is -2.35. The number of hydrogen-bond acceptors (Lipinski definition) is 1. The van der Waals surface area contributed by atoms with Gasteiger partial charge in [0.1, 0.15) is 0 Å². The molecule has 0 spiro atoms. The van der Waals surface area contributed by atoms with Gasteiger partial charge >= 0.3 is 0 Å². The van der Waals surface area contributed by atoms with Crippen LogP contribution in [0.15, 0.2) is 59.4 Å². The molecule has 0 aliphatic heterocycles. The molecular weight excluding hydrogens is 246 g/mol. The van der Waals surface area contributed by atoms with Crippen molar-refractivity contribution in [1.29, 1.82) is 0 Å². The average molecular weight is 263 g/mol. The maximum atomic E-state index is 12.5. The molecule has 3 rings (SSSR count). The number of fused-ring (bicyclic) bond motifs is 1. The second-order valence-electron chi connectivity index (χ2n) is 4.98. The van der Waals surface area contributed by atoms with E-state index in [1.165, 1.54) is 0 Å². The van der Waals surface area contributed by atoms with Crippen LogP contribution in [0.3, 0.4) is 0 Å². The summed E-state index contributed by atoms with van der Waals surface area (Å²) in [5.74, 6) is 0. The molecule has 0 aliphatic rings. The first-order valence-electron chi connectivity index (χ1n) is 6.89. The number of aryl methyl sites for hydroxylation is 2. The summed E-state index contributed by atoms with van der Waals surface area (Å²) < 4.78 is 2.10. The Morgan fingerprint density at radius 2 is 1.75 bits per heavy atom. The van der Waals surface area contributed by atoms with Crippen LogP contribution in [0.25, 0.3) is 22.2 Å². The summed E-state index contributed by atoms with van der Waals surface area (Å²) in [4.78, 5) is 12.5. The standard InChI is InChI=1S/C18H17NO/c1-3-13-10-7-11-15-18(13)17(20)12-16(19(15)2)14-8-5-4-6-9-14/h4-12H,3H2,1-2H3. The minimum atomic E-state index is 0.106. The van der Waals surface area contributed by atoms with Gasteiger partial charge in [0.15, 0.2) is 5.43 Å². The summed E-state index contributed by atoms with van der Waals surface area (Å²) in [7, 11) is 2.02. The van der Waals surface area contributed by atoms with Gasteiger partial charge in [-0.1, -0.05) is 49.4 Å². The van der Waals surface area contributed by atoms with E-state index in [1.807, 2.05) is 55.6 Å². The van der Waals surface area contributed by atoms with Crippen LogP contribution in [0.4, 0.5) is 0 Å². The van der Waals surface area contributed by atoms with Gasteiger partial charge in [0, 0.05) is 18.5 Å². The molecule has 2 nitrogen and oxygen atoms in total. The summed E-state index contributed by atoms with van der Waals surface area (Å²) >= 11 is 0. The van der Waals surface area contributed by atoms with Crippen LogP contribution in [0.5, 0.6) is 0 Å². The molecule has 1 aromatic heterocycles. The van der Waals surface area contributed by atoms with Crippen LogP contribution >= 0.6 is 0 Å². The quantitative estimate of drug-likeness (QED) is 0.690. The number of pyridine rings is 1. The molecule has 0 bridgehead atoms. The predicted octanol–water partition coefficient (Wildman–Crippen LogP) is 3.77. The third kappa shape index (κ3) is 1.94. The number of hydrogen-bond donors (Lipinski definition) is 0. The van der Waals surface area contributed by atoms with Gasteiger partial charge in [0.2, 0.25) is 0 Å². The Morgan fingerprint density at radius 1 is 1.00 bits per heavy atom. The lowest BCUT2D eigenvalue weighted by atomic mass is 10.0. The Balaban J connectivity index is 2.39. The van der Waals surface area contributed by atoms with Crippen LogP contribution in [-0.4, -0.2) is 4.57 Å². The molecule has 2 heteroatoms. The van der Waals surface area contributed by atoms with Gasteiger partial charge in [-0.15, -0.1) is 0 Å². The van der Waals surface area contributed by atoms with Crippen molar-refractivity contribution in [1.82, 2.24) is 4.57 Å². The first-order chi connectivity index (χ1) is 9.72. The van der Waals surface area contributed by atoms with Crippen molar-refractivity contribution in [2.24, 2.45) is 7.05 Å². The highest BCUT2D eigenvalue weighted by Crippen LogP contribution is 2.23. The van der Waals surface area contributed by atoms with Crippen LogP contribution < -0.4 is 5.43 Å². The van der Waals surface area contributed by atoms with E-state index in [0.717, 1.165) is 34.1 Å². The van der Waals surface area contributed by atoms with Crippen LogP contribution in [-0.2, 0) is 13.5 Å². The van der Waals surface area contributed by atoms with Crippen molar-refractivity contribution in [3.63, 3.8) is 0 Å². The van der Waals surface area contributed by atoms with Crippen molar-refractivity contribution in [2.45, 2.75) is 13.3 Å². The summed E-state index contributed by atoms with van der Waals surface area (Å²) in [6.07, 6.45) is 0.872. The number of rotatable bonds is 2. The van der Waals surface area contributed by atoms with Crippen molar-refractivity contribution in [3.05, 3.63) is 70.4 Å². The van der Waals surface area contributed by atoms with Crippen molar-refractivity contribution in [3.8, 4) is 11.3 Å². The zero-order chi connectivity index (χ0) is 14.1. The van der Waals surface area contributed by atoms with E-state index in [4.69, 9.17) is 0 Å². The normalized spacial score (nSPS) is 10.9. The third-order valence-corrected chi connectivity index (χ3v) is 3.82. The van der Waals surface area contributed by atoms with Gasteiger partial charge in [0.05, 0.1) is 11.2 Å². The van der Waals surface area contributed by atoms with E-state index in [9.17, 15) is 4.79 Å². The molecule has 0 fully saturated rings. The summed E-state index contributed by atoms with van der Waals surface area (Å²) in [5.41, 5.74) is 4.24. The Labute approximate surface area is 118 Å². The summed E-state index contributed by atoms with van der Waals surface area (Å²) in [6.45, 7) is 2.08. The molecule has 0 radical (unpaired) electrons. The van der Waals surface area contributed by atoms with E-state index in [-0.39, 0.29) is 5.43 Å². The van der Waals surface area contributed by atoms with E-state index in [1.54, 1.807) is 6.07 Å². The molecule has 2 aromatic carbocycles. The van der Waals surface area contributed by atoms with E-state index < -0.39 is 0 Å². The molecule has 20 heavy (non-hydrogen) atoms. The van der Waals surface area contributed by atoms with Gasteiger partial charge in [-0.2, -0.15) is 0 Å². The summed E-state index contributed by atoms with van der Waals surface area (Å²) in [6, 6.07) is 17.9. The molecule has 0 saturated heterocycles. The Bertz CT molecular complexity index is 816.